The Balaban J connectivity index is 1.64. The molecule has 0 radical (unpaired) electrons. The quantitative estimate of drug-likeness (QED) is 0.626. The minimum absolute atomic E-state index is 0.866. The molecular weight excluding hydrogens is 328 g/mol. The smallest absolute Gasteiger partial charge is 0.141 e. The molecule has 0 saturated carbocycles. The van der Waals surface area contributed by atoms with Gasteiger partial charge in [-0.05, 0) is 42.0 Å². The molecule has 1 aromatic heterocycles. The second kappa shape index (κ2) is 6.81. The van der Waals surface area contributed by atoms with Crippen molar-refractivity contribution in [2.45, 2.75) is 20.4 Å². The maximum atomic E-state index is 5.34. The molecule has 25 heavy (non-hydrogen) atoms. The van der Waals surface area contributed by atoms with Gasteiger partial charge in [0.15, 0.2) is 0 Å². The molecule has 1 aliphatic rings. The summed E-state index contributed by atoms with van der Waals surface area (Å²) in [5.41, 5.74) is 7.04. The van der Waals surface area contributed by atoms with Gasteiger partial charge in [0.25, 0.3) is 0 Å². The number of hydrogen-bond donors (Lipinski definition) is 0. The van der Waals surface area contributed by atoms with E-state index in [9.17, 15) is 0 Å². The van der Waals surface area contributed by atoms with Crippen molar-refractivity contribution < 1.29 is 4.52 Å². The molecule has 3 nitrogen and oxygen atoms in total. The summed E-state index contributed by atoms with van der Waals surface area (Å²) in [7, 11) is 0. The zero-order valence-corrected chi connectivity index (χ0v) is 15.2. The van der Waals surface area contributed by atoms with Crippen LogP contribution in [-0.2, 0) is 6.54 Å². The van der Waals surface area contributed by atoms with E-state index in [0.717, 1.165) is 35.0 Å². The molecule has 126 valence electrons. The van der Waals surface area contributed by atoms with Crippen LogP contribution in [0.4, 0.5) is 0 Å². The Labute approximate surface area is 152 Å². The zero-order valence-electron chi connectivity index (χ0n) is 14.4. The second-order valence-corrected chi connectivity index (χ2v) is 7.09. The molecule has 1 aliphatic heterocycles. The Morgan fingerprint density at radius 3 is 2.60 bits per heavy atom. The molecule has 3 aromatic rings. The van der Waals surface area contributed by atoms with Crippen LogP contribution in [0.25, 0.3) is 16.8 Å². The molecule has 2 aromatic carbocycles. The Kier molecular flexibility index (Phi) is 4.36. The van der Waals surface area contributed by atoms with Gasteiger partial charge in [-0.1, -0.05) is 53.7 Å². The molecule has 0 amide bonds. The van der Waals surface area contributed by atoms with Gasteiger partial charge in [0.2, 0.25) is 0 Å². The summed E-state index contributed by atoms with van der Waals surface area (Å²) in [5, 5.41) is 6.35. The van der Waals surface area contributed by atoms with E-state index < -0.39 is 0 Å². The number of benzene rings is 2. The molecular formula is C21H20N2OS. The van der Waals surface area contributed by atoms with Crippen molar-refractivity contribution in [1.29, 1.82) is 0 Å². The summed E-state index contributed by atoms with van der Waals surface area (Å²) in [6.07, 6.45) is 0. The Hall–Kier alpha value is -2.46. The first kappa shape index (κ1) is 16.0. The van der Waals surface area contributed by atoms with Gasteiger partial charge in [-0.3, -0.25) is 0 Å². The standard InChI is InChI=1S/C21H20N2OS/c1-15-21(16(2)24-22-15)19-10-6-9-18(11-19)20-13-25-14-23(20)12-17-7-4-3-5-8-17/h3-11,13H,12,14H2,1-2H3. The Morgan fingerprint density at radius 1 is 1.04 bits per heavy atom. The number of nitrogens with zero attached hydrogens (tertiary/aromatic N) is 2. The van der Waals surface area contributed by atoms with Gasteiger partial charge in [0, 0.05) is 12.1 Å². The van der Waals surface area contributed by atoms with Crippen molar-refractivity contribution >= 4 is 17.5 Å². The lowest BCUT2D eigenvalue weighted by atomic mass is 10.0. The summed E-state index contributed by atoms with van der Waals surface area (Å²) < 4.78 is 5.34. The predicted octanol–water partition coefficient (Wildman–Crippen LogP) is 5.46. The lowest BCUT2D eigenvalue weighted by Crippen LogP contribution is -2.17. The van der Waals surface area contributed by atoms with Gasteiger partial charge in [0.05, 0.1) is 17.3 Å². The Bertz CT molecular complexity index is 895. The number of aryl methyl sites for hydroxylation is 2. The zero-order chi connectivity index (χ0) is 17.2. The highest BCUT2D eigenvalue weighted by Crippen LogP contribution is 2.35. The number of aromatic nitrogens is 1. The average molecular weight is 348 g/mol. The van der Waals surface area contributed by atoms with Crippen LogP contribution >= 0.6 is 11.8 Å². The number of hydrogen-bond acceptors (Lipinski definition) is 4. The Morgan fingerprint density at radius 2 is 1.84 bits per heavy atom. The highest BCUT2D eigenvalue weighted by atomic mass is 32.2. The SMILES string of the molecule is Cc1noc(C)c1-c1cccc(C2=CSCN2Cc2ccccc2)c1. The average Bonchev–Trinajstić information content (AvgIpc) is 3.22. The van der Waals surface area contributed by atoms with Gasteiger partial charge >= 0.3 is 0 Å². The summed E-state index contributed by atoms with van der Waals surface area (Å²) in [6.45, 7) is 4.88. The molecule has 0 fully saturated rings. The van der Waals surface area contributed by atoms with Gasteiger partial charge in [-0.25, -0.2) is 0 Å². The van der Waals surface area contributed by atoms with Crippen LogP contribution < -0.4 is 0 Å². The maximum Gasteiger partial charge on any atom is 0.141 e. The second-order valence-electron chi connectivity index (χ2n) is 6.26. The van der Waals surface area contributed by atoms with Gasteiger partial charge in [0.1, 0.15) is 5.76 Å². The van der Waals surface area contributed by atoms with Gasteiger partial charge in [-0.15, -0.1) is 11.8 Å². The summed E-state index contributed by atoms with van der Waals surface area (Å²) in [5.74, 6) is 1.85. The van der Waals surface area contributed by atoms with E-state index in [-0.39, 0.29) is 0 Å². The minimum atomic E-state index is 0.866. The highest BCUT2D eigenvalue weighted by molar-refractivity contribution is 8.02. The molecule has 2 heterocycles. The lowest BCUT2D eigenvalue weighted by Gasteiger charge is -2.22. The van der Waals surface area contributed by atoms with Crippen molar-refractivity contribution in [2.24, 2.45) is 0 Å². The molecule has 0 N–H and O–H groups in total. The van der Waals surface area contributed by atoms with Crippen molar-refractivity contribution in [2.75, 3.05) is 5.88 Å². The normalized spacial score (nSPS) is 14.0. The third kappa shape index (κ3) is 3.22. The van der Waals surface area contributed by atoms with E-state index in [0.29, 0.717) is 0 Å². The van der Waals surface area contributed by atoms with Crippen LogP contribution in [0.1, 0.15) is 22.6 Å². The molecule has 0 saturated heterocycles. The van der Waals surface area contributed by atoms with Crippen LogP contribution in [0, 0.1) is 13.8 Å². The van der Waals surface area contributed by atoms with Crippen LogP contribution in [0.3, 0.4) is 0 Å². The summed E-state index contributed by atoms with van der Waals surface area (Å²) >= 11 is 1.85. The monoisotopic (exact) mass is 348 g/mol. The van der Waals surface area contributed by atoms with E-state index in [4.69, 9.17) is 4.52 Å². The van der Waals surface area contributed by atoms with Crippen LogP contribution in [0.5, 0.6) is 0 Å². The van der Waals surface area contributed by atoms with Crippen molar-refractivity contribution in [3.05, 3.63) is 82.6 Å². The molecule has 4 heteroatoms. The first-order valence-corrected chi connectivity index (χ1v) is 9.41. The molecule has 4 rings (SSSR count). The first-order chi connectivity index (χ1) is 12.2. The third-order valence-corrected chi connectivity index (χ3v) is 5.31. The minimum Gasteiger partial charge on any atom is -0.361 e. The largest absolute Gasteiger partial charge is 0.361 e. The number of thioether (sulfide) groups is 1. The van der Waals surface area contributed by atoms with Crippen molar-refractivity contribution in [3.63, 3.8) is 0 Å². The van der Waals surface area contributed by atoms with E-state index in [2.05, 4.69) is 70.1 Å². The van der Waals surface area contributed by atoms with Gasteiger partial charge in [-0.2, -0.15) is 0 Å². The van der Waals surface area contributed by atoms with Crippen molar-refractivity contribution in [3.8, 4) is 11.1 Å². The topological polar surface area (TPSA) is 29.3 Å². The summed E-state index contributed by atoms with van der Waals surface area (Å²) in [4.78, 5) is 2.42. The first-order valence-electron chi connectivity index (χ1n) is 8.37. The highest BCUT2D eigenvalue weighted by Gasteiger charge is 2.19. The third-order valence-electron chi connectivity index (χ3n) is 4.46. The fraction of sp³-hybridized carbons (Fsp3) is 0.190. The van der Waals surface area contributed by atoms with E-state index in [1.165, 1.54) is 16.8 Å². The molecule has 0 bridgehead atoms. The fourth-order valence-corrected chi connectivity index (χ4v) is 4.19. The van der Waals surface area contributed by atoms with Crippen LogP contribution in [0.15, 0.2) is 64.5 Å². The molecule has 0 unspecified atom stereocenters. The van der Waals surface area contributed by atoms with Crippen LogP contribution in [0.2, 0.25) is 0 Å². The van der Waals surface area contributed by atoms with Crippen molar-refractivity contribution in [1.82, 2.24) is 10.1 Å². The maximum absolute atomic E-state index is 5.34. The van der Waals surface area contributed by atoms with E-state index in [1.807, 2.05) is 25.6 Å². The molecule has 0 aliphatic carbocycles. The lowest BCUT2D eigenvalue weighted by molar-refractivity contribution is 0.393. The molecule has 0 atom stereocenters. The van der Waals surface area contributed by atoms with Crippen LogP contribution in [-0.4, -0.2) is 15.9 Å². The fourth-order valence-electron chi connectivity index (χ4n) is 3.26. The molecule has 0 spiro atoms. The summed E-state index contributed by atoms with van der Waals surface area (Å²) in [6, 6.07) is 19.3. The van der Waals surface area contributed by atoms with Gasteiger partial charge < -0.3 is 9.42 Å². The number of rotatable bonds is 4. The predicted molar refractivity (Wildman–Crippen MR) is 104 cm³/mol. The van der Waals surface area contributed by atoms with E-state index in [1.54, 1.807) is 0 Å². The van der Waals surface area contributed by atoms with E-state index >= 15 is 0 Å².